The van der Waals surface area contributed by atoms with Crippen molar-refractivity contribution in [3.63, 3.8) is 0 Å². The van der Waals surface area contributed by atoms with Crippen LogP contribution in [-0.4, -0.2) is 71.6 Å². The number of hydrogen-bond donors (Lipinski definition) is 3. The number of rotatable bonds is 12. The van der Waals surface area contributed by atoms with E-state index in [-0.39, 0.29) is 35.3 Å². The van der Waals surface area contributed by atoms with Gasteiger partial charge in [-0.25, -0.2) is 13.4 Å². The fraction of sp³-hybridized carbons (Fsp3) is 0.346. The van der Waals surface area contributed by atoms with Crippen molar-refractivity contribution in [1.29, 1.82) is 0 Å². The Morgan fingerprint density at radius 3 is 2.32 bits per heavy atom. The number of hydrogen-bond acceptors (Lipinski definition) is 11. The Hall–Kier alpha value is -4.17. The fourth-order valence-electron chi connectivity index (χ4n) is 4.30. The first kappa shape index (κ1) is 29.8. The van der Waals surface area contributed by atoms with Crippen molar-refractivity contribution in [3.8, 4) is 23.0 Å². The van der Waals surface area contributed by atoms with E-state index in [1.807, 2.05) is 0 Å². The SMILES string of the molecule is COc1ccc(Nc2nc(Nc3cc(OC)c(OC)c(OC)c3)ncc2Cl)c(N(CC2CCC(=O)N2)S(C)(=O)=O)c1. The molecule has 0 spiro atoms. The van der Waals surface area contributed by atoms with E-state index in [0.29, 0.717) is 52.9 Å². The summed E-state index contributed by atoms with van der Waals surface area (Å²) in [6, 6.07) is 7.97. The number of carbonyl (C=O) groups is 1. The largest absolute Gasteiger partial charge is 0.497 e. The molecule has 0 saturated carbocycles. The highest BCUT2D eigenvalue weighted by Crippen LogP contribution is 2.41. The molecule has 0 bridgehead atoms. The fourth-order valence-corrected chi connectivity index (χ4v) is 5.40. The molecule has 1 unspecified atom stereocenters. The van der Waals surface area contributed by atoms with Gasteiger partial charge in [0.1, 0.15) is 10.8 Å². The minimum absolute atomic E-state index is 0.0396. The van der Waals surface area contributed by atoms with Crippen LogP contribution in [0.1, 0.15) is 12.8 Å². The zero-order chi connectivity index (χ0) is 29.7. The maximum Gasteiger partial charge on any atom is 0.232 e. The summed E-state index contributed by atoms with van der Waals surface area (Å²) in [6.45, 7) is 0.0396. The molecule has 1 aliphatic rings. The lowest BCUT2D eigenvalue weighted by atomic mass is 10.2. The van der Waals surface area contributed by atoms with Crippen LogP contribution in [0.2, 0.25) is 5.02 Å². The molecular weight excluding hydrogens is 576 g/mol. The van der Waals surface area contributed by atoms with Gasteiger partial charge < -0.3 is 34.9 Å². The van der Waals surface area contributed by atoms with E-state index in [0.717, 1.165) is 6.26 Å². The average molecular weight is 607 g/mol. The van der Waals surface area contributed by atoms with Crippen LogP contribution >= 0.6 is 11.6 Å². The Morgan fingerprint density at radius 1 is 1.05 bits per heavy atom. The molecule has 1 atom stereocenters. The Bertz CT molecular complexity index is 1510. The van der Waals surface area contributed by atoms with Gasteiger partial charge in [0.05, 0.1) is 58.8 Å². The first-order valence-electron chi connectivity index (χ1n) is 12.4. The van der Waals surface area contributed by atoms with Crippen molar-refractivity contribution in [2.45, 2.75) is 18.9 Å². The summed E-state index contributed by atoms with van der Waals surface area (Å²) in [6.07, 6.45) is 3.36. The summed E-state index contributed by atoms with van der Waals surface area (Å²) < 4.78 is 48.6. The van der Waals surface area contributed by atoms with Gasteiger partial charge in [-0.05, 0) is 18.6 Å². The van der Waals surface area contributed by atoms with Crippen LogP contribution < -0.4 is 39.2 Å². The Morgan fingerprint density at radius 2 is 1.76 bits per heavy atom. The van der Waals surface area contributed by atoms with Gasteiger partial charge in [-0.2, -0.15) is 4.98 Å². The van der Waals surface area contributed by atoms with Gasteiger partial charge in [0, 0.05) is 36.3 Å². The van der Waals surface area contributed by atoms with Gasteiger partial charge in [-0.15, -0.1) is 0 Å². The quantitative estimate of drug-likeness (QED) is 0.276. The van der Waals surface area contributed by atoms with Crippen molar-refractivity contribution in [2.24, 2.45) is 0 Å². The first-order chi connectivity index (χ1) is 19.6. The summed E-state index contributed by atoms with van der Waals surface area (Å²) in [7, 11) is 2.24. The minimum atomic E-state index is -3.77. The highest BCUT2D eigenvalue weighted by atomic mass is 35.5. The maximum absolute atomic E-state index is 12.9. The topological polar surface area (TPSA) is 153 Å². The predicted molar refractivity (Wildman–Crippen MR) is 156 cm³/mol. The molecule has 1 aliphatic heterocycles. The highest BCUT2D eigenvalue weighted by Gasteiger charge is 2.29. The van der Waals surface area contributed by atoms with E-state index in [4.69, 9.17) is 30.5 Å². The standard InChI is InChI=1S/C26H31ClN6O7S/c1-37-17-7-8-19(20(12-17)33(41(5,35)36)14-15-6-9-23(34)29-15)31-25-18(27)13-28-26(32-25)30-16-10-21(38-2)24(40-4)22(11-16)39-3/h7-8,10-13,15H,6,9,14H2,1-5H3,(H,29,34)(H2,28,30,31,32). The number of carbonyl (C=O) groups excluding carboxylic acids is 1. The van der Waals surface area contributed by atoms with Gasteiger partial charge in [0.25, 0.3) is 0 Å². The Kier molecular flexibility index (Phi) is 9.13. The van der Waals surface area contributed by atoms with Crippen LogP contribution in [0, 0.1) is 0 Å². The lowest BCUT2D eigenvalue weighted by Gasteiger charge is -2.28. The number of methoxy groups -OCH3 is 4. The van der Waals surface area contributed by atoms with E-state index in [2.05, 4.69) is 25.9 Å². The molecule has 1 amide bonds. The molecule has 13 nitrogen and oxygen atoms in total. The van der Waals surface area contributed by atoms with Crippen molar-refractivity contribution in [2.75, 3.05) is 56.2 Å². The number of sulfonamides is 1. The lowest BCUT2D eigenvalue weighted by molar-refractivity contribution is -0.119. The van der Waals surface area contributed by atoms with Gasteiger partial charge in [0.15, 0.2) is 17.3 Å². The maximum atomic E-state index is 12.9. The summed E-state index contributed by atoms with van der Waals surface area (Å²) in [5.74, 6) is 2.02. The van der Waals surface area contributed by atoms with Crippen LogP contribution in [0.5, 0.6) is 23.0 Å². The molecule has 1 aromatic heterocycles. The number of aromatic nitrogens is 2. The zero-order valence-electron chi connectivity index (χ0n) is 23.1. The summed E-state index contributed by atoms with van der Waals surface area (Å²) in [5.41, 5.74) is 1.24. The number of amides is 1. The summed E-state index contributed by atoms with van der Waals surface area (Å²) >= 11 is 6.44. The molecule has 15 heteroatoms. The minimum Gasteiger partial charge on any atom is -0.497 e. The van der Waals surface area contributed by atoms with E-state index < -0.39 is 10.0 Å². The normalized spacial score (nSPS) is 14.7. The van der Waals surface area contributed by atoms with Crippen molar-refractivity contribution in [3.05, 3.63) is 41.6 Å². The Balaban J connectivity index is 1.69. The lowest BCUT2D eigenvalue weighted by Crippen LogP contribution is -2.41. The van der Waals surface area contributed by atoms with Crippen LogP contribution in [0.15, 0.2) is 36.5 Å². The predicted octanol–water partition coefficient (Wildman–Crippen LogP) is 3.70. The monoisotopic (exact) mass is 606 g/mol. The molecule has 3 aromatic rings. The van der Waals surface area contributed by atoms with E-state index in [1.54, 1.807) is 30.3 Å². The van der Waals surface area contributed by atoms with Crippen molar-refractivity contribution in [1.82, 2.24) is 15.3 Å². The summed E-state index contributed by atoms with van der Waals surface area (Å²) in [5, 5.41) is 9.22. The van der Waals surface area contributed by atoms with Crippen molar-refractivity contribution < 1.29 is 32.2 Å². The van der Waals surface area contributed by atoms with Gasteiger partial charge in [-0.1, -0.05) is 11.6 Å². The number of nitrogens with one attached hydrogen (secondary N) is 3. The molecule has 41 heavy (non-hydrogen) atoms. The van der Waals surface area contributed by atoms with Gasteiger partial charge in [-0.3, -0.25) is 9.10 Å². The number of nitrogens with zero attached hydrogens (tertiary/aromatic N) is 3. The third kappa shape index (κ3) is 6.95. The number of halogens is 1. The van der Waals surface area contributed by atoms with Gasteiger partial charge >= 0.3 is 0 Å². The Labute approximate surface area is 243 Å². The molecule has 0 aliphatic carbocycles. The second kappa shape index (κ2) is 12.6. The third-order valence-corrected chi connectivity index (χ3v) is 7.69. The molecule has 1 fully saturated rings. The molecule has 0 radical (unpaired) electrons. The summed E-state index contributed by atoms with van der Waals surface area (Å²) in [4.78, 5) is 20.5. The first-order valence-corrected chi connectivity index (χ1v) is 14.6. The smallest absolute Gasteiger partial charge is 0.232 e. The number of ether oxygens (including phenoxy) is 4. The molecular formula is C26H31ClN6O7S. The molecule has 3 N–H and O–H groups in total. The van der Waals surface area contributed by atoms with Crippen LogP contribution in [0.3, 0.4) is 0 Å². The highest BCUT2D eigenvalue weighted by molar-refractivity contribution is 7.92. The van der Waals surface area contributed by atoms with Crippen molar-refractivity contribution >= 4 is 56.4 Å². The van der Waals surface area contributed by atoms with E-state index in [1.165, 1.54) is 38.9 Å². The van der Waals surface area contributed by atoms with Crippen LogP contribution in [0.25, 0.3) is 0 Å². The van der Waals surface area contributed by atoms with Crippen LogP contribution in [-0.2, 0) is 14.8 Å². The number of anilines is 5. The van der Waals surface area contributed by atoms with Crippen LogP contribution in [0.4, 0.5) is 28.8 Å². The third-order valence-electron chi connectivity index (χ3n) is 6.26. The second-order valence-electron chi connectivity index (χ2n) is 9.03. The zero-order valence-corrected chi connectivity index (χ0v) is 24.7. The molecule has 4 rings (SSSR count). The van der Waals surface area contributed by atoms with E-state index >= 15 is 0 Å². The molecule has 220 valence electrons. The molecule has 1 saturated heterocycles. The molecule has 2 heterocycles. The second-order valence-corrected chi connectivity index (χ2v) is 11.3. The average Bonchev–Trinajstić information content (AvgIpc) is 3.37. The van der Waals surface area contributed by atoms with E-state index in [9.17, 15) is 13.2 Å². The van der Waals surface area contributed by atoms with Gasteiger partial charge in [0.2, 0.25) is 27.6 Å². The number of benzene rings is 2. The molecule has 2 aromatic carbocycles.